The first-order valence-electron chi connectivity index (χ1n) is 7.03. The number of hydrogen-bond donors (Lipinski definition) is 1. The molecule has 0 fully saturated rings. The standard InChI is InChI=1S/C17H21ClN2O/c1-4-19-12-15-16(18)9-6-10-17(15)20(2)13-7-5-8-14(11-13)21-3/h5-11,19H,4,12H2,1-3H3. The van der Waals surface area contributed by atoms with Crippen LogP contribution in [-0.2, 0) is 6.54 Å². The number of anilines is 2. The Kier molecular flexibility index (Phi) is 5.48. The fourth-order valence-corrected chi connectivity index (χ4v) is 2.48. The summed E-state index contributed by atoms with van der Waals surface area (Å²) in [6.07, 6.45) is 0. The number of rotatable bonds is 6. The lowest BCUT2D eigenvalue weighted by Crippen LogP contribution is -2.17. The Balaban J connectivity index is 2.37. The number of benzene rings is 2. The van der Waals surface area contributed by atoms with Crippen LogP contribution >= 0.6 is 11.6 Å². The van der Waals surface area contributed by atoms with E-state index in [2.05, 4.69) is 29.3 Å². The highest BCUT2D eigenvalue weighted by atomic mass is 35.5. The van der Waals surface area contributed by atoms with Crippen molar-refractivity contribution in [2.75, 3.05) is 25.6 Å². The number of ether oxygens (including phenoxy) is 1. The smallest absolute Gasteiger partial charge is 0.120 e. The molecule has 0 bridgehead atoms. The summed E-state index contributed by atoms with van der Waals surface area (Å²) in [6.45, 7) is 3.75. The molecule has 2 aromatic rings. The van der Waals surface area contributed by atoms with E-state index >= 15 is 0 Å². The summed E-state index contributed by atoms with van der Waals surface area (Å²) in [5.74, 6) is 0.842. The van der Waals surface area contributed by atoms with Gasteiger partial charge in [-0.25, -0.2) is 0 Å². The molecule has 0 saturated carbocycles. The van der Waals surface area contributed by atoms with Gasteiger partial charge >= 0.3 is 0 Å². The van der Waals surface area contributed by atoms with Crippen LogP contribution in [0.5, 0.6) is 5.75 Å². The van der Waals surface area contributed by atoms with Crippen molar-refractivity contribution in [1.29, 1.82) is 0 Å². The molecule has 3 nitrogen and oxygen atoms in total. The Hall–Kier alpha value is -1.71. The van der Waals surface area contributed by atoms with E-state index in [0.29, 0.717) is 0 Å². The second kappa shape index (κ2) is 7.34. The third kappa shape index (κ3) is 3.69. The second-order valence-corrected chi connectivity index (χ2v) is 5.19. The maximum Gasteiger partial charge on any atom is 0.120 e. The van der Waals surface area contributed by atoms with Gasteiger partial charge in [-0.05, 0) is 30.8 Å². The van der Waals surface area contributed by atoms with Crippen molar-refractivity contribution in [2.24, 2.45) is 0 Å². The fourth-order valence-electron chi connectivity index (χ4n) is 2.24. The van der Waals surface area contributed by atoms with Crippen molar-refractivity contribution < 1.29 is 4.74 Å². The van der Waals surface area contributed by atoms with Gasteiger partial charge in [0.05, 0.1) is 7.11 Å². The normalized spacial score (nSPS) is 10.5. The number of halogens is 1. The van der Waals surface area contributed by atoms with E-state index in [4.69, 9.17) is 16.3 Å². The predicted octanol–water partition coefficient (Wildman–Crippen LogP) is 4.23. The predicted molar refractivity (Wildman–Crippen MR) is 89.9 cm³/mol. The molecule has 0 aliphatic carbocycles. The number of nitrogens with zero attached hydrogens (tertiary/aromatic N) is 1. The maximum atomic E-state index is 6.36. The molecular weight excluding hydrogens is 284 g/mol. The Bertz CT molecular complexity index is 601. The number of nitrogens with one attached hydrogen (secondary N) is 1. The molecule has 0 amide bonds. The Morgan fingerprint density at radius 1 is 1.19 bits per heavy atom. The Morgan fingerprint density at radius 3 is 2.67 bits per heavy atom. The summed E-state index contributed by atoms with van der Waals surface area (Å²) in [4.78, 5) is 2.13. The second-order valence-electron chi connectivity index (χ2n) is 4.78. The molecule has 0 unspecified atom stereocenters. The van der Waals surface area contributed by atoms with Crippen LogP contribution in [0.3, 0.4) is 0 Å². The van der Waals surface area contributed by atoms with Gasteiger partial charge in [-0.3, -0.25) is 0 Å². The van der Waals surface area contributed by atoms with Gasteiger partial charge in [0.1, 0.15) is 5.75 Å². The molecule has 112 valence electrons. The van der Waals surface area contributed by atoms with Gasteiger partial charge in [0.2, 0.25) is 0 Å². The van der Waals surface area contributed by atoms with Crippen molar-refractivity contribution in [3.63, 3.8) is 0 Å². The van der Waals surface area contributed by atoms with Gasteiger partial charge < -0.3 is 15.0 Å². The highest BCUT2D eigenvalue weighted by molar-refractivity contribution is 6.31. The van der Waals surface area contributed by atoms with Crippen molar-refractivity contribution in [3.8, 4) is 5.75 Å². The molecule has 2 aromatic carbocycles. The van der Waals surface area contributed by atoms with Gasteiger partial charge in [0, 0.05) is 41.6 Å². The van der Waals surface area contributed by atoms with Gasteiger partial charge in [-0.15, -0.1) is 0 Å². The van der Waals surface area contributed by atoms with Crippen LogP contribution in [-0.4, -0.2) is 20.7 Å². The van der Waals surface area contributed by atoms with E-state index in [-0.39, 0.29) is 0 Å². The van der Waals surface area contributed by atoms with E-state index in [0.717, 1.165) is 40.8 Å². The summed E-state index contributed by atoms with van der Waals surface area (Å²) < 4.78 is 5.29. The molecular formula is C17H21ClN2O. The first-order valence-corrected chi connectivity index (χ1v) is 7.41. The largest absolute Gasteiger partial charge is 0.497 e. The first kappa shape index (κ1) is 15.7. The lowest BCUT2D eigenvalue weighted by Gasteiger charge is -2.24. The Labute approximate surface area is 131 Å². The van der Waals surface area contributed by atoms with Crippen LogP contribution in [0, 0.1) is 0 Å². The van der Waals surface area contributed by atoms with Crippen LogP contribution in [0.25, 0.3) is 0 Å². The van der Waals surface area contributed by atoms with Gasteiger partial charge in [-0.2, -0.15) is 0 Å². The monoisotopic (exact) mass is 304 g/mol. The van der Waals surface area contributed by atoms with Crippen molar-refractivity contribution in [3.05, 3.63) is 53.1 Å². The van der Waals surface area contributed by atoms with Crippen molar-refractivity contribution >= 4 is 23.0 Å². The Morgan fingerprint density at radius 2 is 1.95 bits per heavy atom. The topological polar surface area (TPSA) is 24.5 Å². The number of methoxy groups -OCH3 is 1. The SMILES string of the molecule is CCNCc1c(Cl)cccc1N(C)c1cccc(OC)c1. The van der Waals surface area contributed by atoms with E-state index < -0.39 is 0 Å². The summed E-state index contributed by atoms with van der Waals surface area (Å²) in [5, 5.41) is 4.12. The summed E-state index contributed by atoms with van der Waals surface area (Å²) in [7, 11) is 3.71. The lowest BCUT2D eigenvalue weighted by atomic mass is 10.1. The molecule has 0 aliphatic rings. The molecule has 2 rings (SSSR count). The highest BCUT2D eigenvalue weighted by Gasteiger charge is 2.12. The minimum Gasteiger partial charge on any atom is -0.497 e. The zero-order chi connectivity index (χ0) is 15.2. The lowest BCUT2D eigenvalue weighted by molar-refractivity contribution is 0.415. The third-order valence-corrected chi connectivity index (χ3v) is 3.80. The zero-order valence-electron chi connectivity index (χ0n) is 12.7. The quantitative estimate of drug-likeness (QED) is 0.864. The van der Waals surface area contributed by atoms with Gasteiger partial charge in [-0.1, -0.05) is 30.7 Å². The van der Waals surface area contributed by atoms with Gasteiger partial charge in [0.25, 0.3) is 0 Å². The van der Waals surface area contributed by atoms with E-state index in [1.165, 1.54) is 0 Å². The fraction of sp³-hybridized carbons (Fsp3) is 0.294. The van der Waals surface area contributed by atoms with Crippen LogP contribution in [0.2, 0.25) is 5.02 Å². The molecule has 0 aliphatic heterocycles. The van der Waals surface area contributed by atoms with Gasteiger partial charge in [0.15, 0.2) is 0 Å². The number of hydrogen-bond acceptors (Lipinski definition) is 3. The average molecular weight is 305 g/mol. The maximum absolute atomic E-state index is 6.36. The first-order chi connectivity index (χ1) is 10.2. The van der Waals surface area contributed by atoms with Crippen molar-refractivity contribution in [2.45, 2.75) is 13.5 Å². The minimum atomic E-state index is 0.750. The molecule has 0 saturated heterocycles. The van der Waals surface area contributed by atoms with E-state index in [1.54, 1.807) is 7.11 Å². The van der Waals surface area contributed by atoms with E-state index in [9.17, 15) is 0 Å². The van der Waals surface area contributed by atoms with E-state index in [1.807, 2.05) is 37.4 Å². The molecule has 0 radical (unpaired) electrons. The molecule has 0 atom stereocenters. The molecule has 0 aromatic heterocycles. The van der Waals surface area contributed by atoms with Crippen LogP contribution in [0.4, 0.5) is 11.4 Å². The van der Waals surface area contributed by atoms with Crippen LogP contribution < -0.4 is 15.0 Å². The average Bonchev–Trinajstić information content (AvgIpc) is 2.53. The van der Waals surface area contributed by atoms with Crippen LogP contribution in [0.15, 0.2) is 42.5 Å². The summed E-state index contributed by atoms with van der Waals surface area (Å²) >= 11 is 6.36. The minimum absolute atomic E-state index is 0.750. The zero-order valence-corrected chi connectivity index (χ0v) is 13.4. The molecule has 0 spiro atoms. The molecule has 21 heavy (non-hydrogen) atoms. The summed E-state index contributed by atoms with van der Waals surface area (Å²) in [5.41, 5.74) is 3.26. The summed E-state index contributed by atoms with van der Waals surface area (Å²) in [6, 6.07) is 14.0. The van der Waals surface area contributed by atoms with Crippen molar-refractivity contribution in [1.82, 2.24) is 5.32 Å². The molecule has 1 N–H and O–H groups in total. The van der Waals surface area contributed by atoms with Crippen LogP contribution in [0.1, 0.15) is 12.5 Å². The third-order valence-electron chi connectivity index (χ3n) is 3.45. The molecule has 4 heteroatoms. The highest BCUT2D eigenvalue weighted by Crippen LogP contribution is 2.32. The molecule has 0 heterocycles.